The van der Waals surface area contributed by atoms with E-state index in [0.717, 1.165) is 25.7 Å². The minimum Gasteiger partial charge on any atom is -0.464 e. The minimum absolute atomic E-state index is 0.204. The van der Waals surface area contributed by atoms with Gasteiger partial charge in [0.1, 0.15) is 6.10 Å². The van der Waals surface area contributed by atoms with E-state index < -0.39 is 5.60 Å². The van der Waals surface area contributed by atoms with Crippen molar-refractivity contribution >= 4 is 6.47 Å². The first-order chi connectivity index (χ1) is 8.55. The third-order valence-corrected chi connectivity index (χ3v) is 2.66. The van der Waals surface area contributed by atoms with Gasteiger partial charge in [-0.05, 0) is 39.0 Å². The van der Waals surface area contributed by atoms with E-state index in [1.54, 1.807) is 25.8 Å². The van der Waals surface area contributed by atoms with Crippen LogP contribution in [0.3, 0.4) is 0 Å². The fourth-order valence-electron chi connectivity index (χ4n) is 1.62. The normalized spacial score (nSPS) is 15.7. The largest absolute Gasteiger partial charge is 0.464 e. The predicted molar refractivity (Wildman–Crippen MR) is 73.4 cm³/mol. The summed E-state index contributed by atoms with van der Waals surface area (Å²) in [5.74, 6) is 0. The van der Waals surface area contributed by atoms with E-state index in [2.05, 4.69) is 13.5 Å². The molecule has 0 aromatic rings. The summed E-state index contributed by atoms with van der Waals surface area (Å²) in [5.41, 5.74) is -0.895. The van der Waals surface area contributed by atoms with E-state index in [4.69, 9.17) is 4.74 Å². The Morgan fingerprint density at radius 2 is 2.17 bits per heavy atom. The molecule has 0 aliphatic rings. The molecule has 0 unspecified atom stereocenters. The first kappa shape index (κ1) is 17.2. The van der Waals surface area contributed by atoms with Crippen molar-refractivity contribution in [1.29, 1.82) is 0 Å². The summed E-state index contributed by atoms with van der Waals surface area (Å²) >= 11 is 0. The highest BCUT2D eigenvalue weighted by molar-refractivity contribution is 5.38. The molecule has 3 heteroatoms. The van der Waals surface area contributed by atoms with Crippen LogP contribution in [0.25, 0.3) is 0 Å². The highest BCUT2D eigenvalue weighted by Gasteiger charge is 2.19. The molecule has 1 N–H and O–H groups in total. The Labute approximate surface area is 111 Å². The standard InChI is InChI=1S/C15H25O3/c1-4-6-7-9-14(18-13-16)10-8-12-15(3,17)11-5-2/h5,8,10,12-14,17H,2,4,6-7,9,11H2,1,3H3/t14-,15-/m1/s1. The van der Waals surface area contributed by atoms with Gasteiger partial charge in [0.25, 0.3) is 6.47 Å². The zero-order valence-corrected chi connectivity index (χ0v) is 11.5. The second kappa shape index (κ2) is 10.1. The van der Waals surface area contributed by atoms with Crippen molar-refractivity contribution in [3.63, 3.8) is 0 Å². The maximum absolute atomic E-state index is 10.4. The third-order valence-electron chi connectivity index (χ3n) is 2.66. The molecule has 0 aromatic carbocycles. The molecule has 0 saturated heterocycles. The zero-order chi connectivity index (χ0) is 13.9. The molecule has 2 atom stereocenters. The lowest BCUT2D eigenvalue weighted by Crippen LogP contribution is -2.25. The molecule has 0 amide bonds. The summed E-state index contributed by atoms with van der Waals surface area (Å²) in [4.78, 5) is 10.4. The Hall–Kier alpha value is -0.830. The Balaban J connectivity index is 3.87. The number of carbonyl (C=O) groups excluding carboxylic acids is 1. The molecule has 0 heterocycles. The van der Waals surface area contributed by atoms with Crippen LogP contribution in [0.5, 0.6) is 0 Å². The predicted octanol–water partition coefficient (Wildman–Crippen LogP) is 3.05. The Morgan fingerprint density at radius 1 is 1.44 bits per heavy atom. The van der Waals surface area contributed by atoms with Crippen LogP contribution in [0.1, 0.15) is 46.0 Å². The van der Waals surface area contributed by atoms with Crippen molar-refractivity contribution in [2.45, 2.75) is 57.7 Å². The molecule has 103 valence electrons. The van der Waals surface area contributed by atoms with Gasteiger partial charge in [-0.15, -0.1) is 6.58 Å². The van der Waals surface area contributed by atoms with Crippen molar-refractivity contribution in [3.8, 4) is 0 Å². The third kappa shape index (κ3) is 9.23. The summed E-state index contributed by atoms with van der Waals surface area (Å²) in [6.45, 7) is 7.91. The van der Waals surface area contributed by atoms with Crippen LogP contribution < -0.4 is 0 Å². The van der Waals surface area contributed by atoms with Crippen LogP contribution in [-0.2, 0) is 9.53 Å². The second-order valence-electron chi connectivity index (χ2n) is 4.67. The van der Waals surface area contributed by atoms with Gasteiger partial charge in [0, 0.05) is 6.42 Å². The van der Waals surface area contributed by atoms with Crippen LogP contribution in [0.2, 0.25) is 0 Å². The van der Waals surface area contributed by atoms with Gasteiger partial charge in [0.15, 0.2) is 0 Å². The van der Waals surface area contributed by atoms with Gasteiger partial charge >= 0.3 is 0 Å². The molecule has 0 bridgehead atoms. The highest BCUT2D eigenvalue weighted by Crippen LogP contribution is 2.18. The molecule has 0 aliphatic heterocycles. The molecule has 0 rings (SSSR count). The smallest absolute Gasteiger partial charge is 0.293 e. The molecular weight excluding hydrogens is 228 g/mol. The van der Waals surface area contributed by atoms with Gasteiger partial charge in [-0.1, -0.05) is 25.8 Å². The maximum Gasteiger partial charge on any atom is 0.293 e. The Kier molecular flexibility index (Phi) is 9.66. The number of unbranched alkanes of at least 4 members (excludes halogenated alkanes) is 2. The molecule has 0 fully saturated rings. The lowest BCUT2D eigenvalue weighted by molar-refractivity contribution is -0.132. The summed E-state index contributed by atoms with van der Waals surface area (Å²) in [6.07, 6.45) is 11.3. The molecular formula is C15H25O3. The van der Waals surface area contributed by atoms with Gasteiger partial charge in [-0.3, -0.25) is 4.79 Å². The van der Waals surface area contributed by atoms with Crippen molar-refractivity contribution in [2.24, 2.45) is 0 Å². The lowest BCUT2D eigenvalue weighted by Gasteiger charge is -2.22. The van der Waals surface area contributed by atoms with Crippen LogP contribution in [-0.4, -0.2) is 23.3 Å². The minimum atomic E-state index is -0.895. The number of aliphatic hydroxyl groups is 1. The van der Waals surface area contributed by atoms with Crippen molar-refractivity contribution < 1.29 is 14.6 Å². The summed E-state index contributed by atoms with van der Waals surface area (Å²) < 4.78 is 4.97. The fraction of sp³-hybridized carbons (Fsp3) is 0.600. The van der Waals surface area contributed by atoms with Crippen LogP contribution in [0, 0.1) is 19.3 Å². The monoisotopic (exact) mass is 253 g/mol. The summed E-state index contributed by atoms with van der Waals surface area (Å²) in [7, 11) is 0. The second-order valence-corrected chi connectivity index (χ2v) is 4.67. The Morgan fingerprint density at radius 3 is 2.72 bits per heavy atom. The summed E-state index contributed by atoms with van der Waals surface area (Å²) in [5, 5.41) is 9.88. The van der Waals surface area contributed by atoms with Crippen LogP contribution in [0.15, 0.2) is 12.7 Å². The average Bonchev–Trinajstić information content (AvgIpc) is 2.29. The topological polar surface area (TPSA) is 46.5 Å². The van der Waals surface area contributed by atoms with E-state index in [1.165, 1.54) is 0 Å². The van der Waals surface area contributed by atoms with E-state index in [9.17, 15) is 9.90 Å². The van der Waals surface area contributed by atoms with E-state index >= 15 is 0 Å². The molecule has 0 spiro atoms. The van der Waals surface area contributed by atoms with Gasteiger partial charge in [0.2, 0.25) is 0 Å². The quantitative estimate of drug-likeness (QED) is 0.330. The number of carbonyl (C=O) groups is 1. The van der Waals surface area contributed by atoms with Crippen molar-refractivity contribution in [2.75, 3.05) is 0 Å². The lowest BCUT2D eigenvalue weighted by atomic mass is 9.93. The van der Waals surface area contributed by atoms with Gasteiger partial charge in [-0.25, -0.2) is 0 Å². The maximum atomic E-state index is 10.4. The zero-order valence-electron chi connectivity index (χ0n) is 11.5. The van der Waals surface area contributed by atoms with Gasteiger partial charge < -0.3 is 9.84 Å². The van der Waals surface area contributed by atoms with Crippen LogP contribution in [0.4, 0.5) is 0 Å². The molecule has 3 nitrogen and oxygen atoms in total. The number of ether oxygens (including phenoxy) is 1. The number of hydrogen-bond donors (Lipinski definition) is 1. The van der Waals surface area contributed by atoms with E-state index in [1.807, 2.05) is 6.42 Å². The highest BCUT2D eigenvalue weighted by atomic mass is 16.5. The number of rotatable bonds is 12. The first-order valence-corrected chi connectivity index (χ1v) is 6.50. The SMILES string of the molecule is C=CC[C@@](C)(O)[CH][CH][CH][C@@H](CCCCC)OC=O. The van der Waals surface area contributed by atoms with E-state index in [-0.39, 0.29) is 6.10 Å². The Bertz CT molecular complexity index is 224. The molecule has 3 radical (unpaired) electrons. The fourth-order valence-corrected chi connectivity index (χ4v) is 1.62. The molecule has 0 saturated carbocycles. The first-order valence-electron chi connectivity index (χ1n) is 6.50. The van der Waals surface area contributed by atoms with Gasteiger partial charge in [0.05, 0.1) is 5.60 Å². The molecule has 0 aromatic heterocycles. The van der Waals surface area contributed by atoms with E-state index in [0.29, 0.717) is 12.9 Å². The van der Waals surface area contributed by atoms with Crippen molar-refractivity contribution in [1.82, 2.24) is 0 Å². The van der Waals surface area contributed by atoms with Gasteiger partial charge in [-0.2, -0.15) is 0 Å². The van der Waals surface area contributed by atoms with Crippen LogP contribution >= 0.6 is 0 Å². The average molecular weight is 253 g/mol. The molecule has 18 heavy (non-hydrogen) atoms. The van der Waals surface area contributed by atoms with Crippen molar-refractivity contribution in [3.05, 3.63) is 31.9 Å². The molecule has 0 aliphatic carbocycles. The number of hydrogen-bond acceptors (Lipinski definition) is 3. The summed E-state index contributed by atoms with van der Waals surface area (Å²) in [6, 6.07) is 0.